The molecular formula is C21H21BrN2O3. The topological polar surface area (TPSA) is 58.6 Å². The van der Waals surface area contributed by atoms with Crippen molar-refractivity contribution in [1.82, 2.24) is 5.32 Å². The molecule has 0 bridgehead atoms. The second kappa shape index (κ2) is 8.86. The molecular weight excluding hydrogens is 408 g/mol. The monoisotopic (exact) mass is 428 g/mol. The fraction of sp³-hybridized carbons (Fsp3) is 0.238. The molecule has 0 radical (unpaired) electrons. The number of amides is 2. The smallest absolute Gasteiger partial charge is 0.294 e. The van der Waals surface area contributed by atoms with Gasteiger partial charge < -0.3 is 10.1 Å². The van der Waals surface area contributed by atoms with E-state index in [1.807, 2.05) is 36.4 Å². The normalized spacial score (nSPS) is 14.7. The zero-order valence-corrected chi connectivity index (χ0v) is 16.7. The Morgan fingerprint density at radius 2 is 1.93 bits per heavy atom. The molecule has 2 aromatic carbocycles. The third kappa shape index (κ3) is 4.57. The molecule has 0 aromatic heterocycles. The van der Waals surface area contributed by atoms with Gasteiger partial charge in [0.1, 0.15) is 6.54 Å². The Morgan fingerprint density at radius 1 is 1.19 bits per heavy atom. The van der Waals surface area contributed by atoms with E-state index in [2.05, 4.69) is 28.2 Å². The van der Waals surface area contributed by atoms with Crippen LogP contribution in [0.4, 0.5) is 5.69 Å². The van der Waals surface area contributed by atoms with Gasteiger partial charge in [0.2, 0.25) is 5.91 Å². The van der Waals surface area contributed by atoms with Gasteiger partial charge in [0, 0.05) is 11.0 Å². The third-order valence-electron chi connectivity index (χ3n) is 4.18. The maximum atomic E-state index is 13.0. The van der Waals surface area contributed by atoms with Crippen molar-refractivity contribution in [3.8, 4) is 5.75 Å². The van der Waals surface area contributed by atoms with Gasteiger partial charge in [-0.3, -0.25) is 14.5 Å². The number of carbonyl (C=O) groups is 2. The summed E-state index contributed by atoms with van der Waals surface area (Å²) in [5, 5.41) is 2.86. The van der Waals surface area contributed by atoms with E-state index in [4.69, 9.17) is 4.74 Å². The van der Waals surface area contributed by atoms with Crippen LogP contribution in [-0.2, 0) is 9.59 Å². The van der Waals surface area contributed by atoms with Gasteiger partial charge in [-0.2, -0.15) is 0 Å². The maximum absolute atomic E-state index is 13.0. The van der Waals surface area contributed by atoms with Crippen molar-refractivity contribution in [1.29, 1.82) is 0 Å². The Balaban J connectivity index is 1.89. The summed E-state index contributed by atoms with van der Waals surface area (Å²) in [4.78, 5) is 26.8. The fourth-order valence-corrected chi connectivity index (χ4v) is 3.16. The van der Waals surface area contributed by atoms with Crippen LogP contribution >= 0.6 is 15.9 Å². The summed E-state index contributed by atoms with van der Waals surface area (Å²) in [6, 6.07) is 14.8. The number of nitrogens with one attached hydrogen (secondary N) is 1. The highest BCUT2D eigenvalue weighted by Crippen LogP contribution is 2.35. The molecule has 2 aromatic rings. The summed E-state index contributed by atoms with van der Waals surface area (Å²) in [5.74, 6) is 0.211. The number of anilines is 1. The molecule has 1 aliphatic heterocycles. The lowest BCUT2D eigenvalue weighted by Crippen LogP contribution is -2.44. The van der Waals surface area contributed by atoms with Crippen molar-refractivity contribution in [2.24, 2.45) is 0 Å². The lowest BCUT2D eigenvalue weighted by Gasteiger charge is -2.30. The second-order valence-electron chi connectivity index (χ2n) is 6.19. The first-order chi connectivity index (χ1) is 13.1. The second-order valence-corrected chi connectivity index (χ2v) is 7.05. The van der Waals surface area contributed by atoms with E-state index in [1.54, 1.807) is 18.2 Å². The standard InChI is InChI=1S/C21H21BrN2O3/c1-2-3-12-23-20(25)14-24-17-10-6-7-11-18(17)27-19(21(24)26)13-15-8-4-5-9-16(15)22/h4-11,13H,2-3,12,14H2,1H3,(H,23,25)/b19-13+. The molecule has 0 saturated heterocycles. The maximum Gasteiger partial charge on any atom is 0.294 e. The van der Waals surface area contributed by atoms with Gasteiger partial charge >= 0.3 is 0 Å². The average Bonchev–Trinajstić information content (AvgIpc) is 2.67. The van der Waals surface area contributed by atoms with Crippen LogP contribution < -0.4 is 15.0 Å². The number of hydrogen-bond donors (Lipinski definition) is 1. The van der Waals surface area contributed by atoms with E-state index in [0.29, 0.717) is 18.0 Å². The SMILES string of the molecule is CCCCNC(=O)CN1C(=O)/C(=C\c2ccccc2Br)Oc2ccccc21. The first-order valence-corrected chi connectivity index (χ1v) is 9.71. The molecule has 0 unspecified atom stereocenters. The minimum Gasteiger partial charge on any atom is -0.449 e. The van der Waals surface area contributed by atoms with Gasteiger partial charge in [0.25, 0.3) is 5.91 Å². The number of ether oxygens (including phenoxy) is 1. The first-order valence-electron chi connectivity index (χ1n) is 8.92. The number of unbranched alkanes of at least 4 members (excludes halogenated alkanes) is 1. The minimum absolute atomic E-state index is 0.0454. The Morgan fingerprint density at radius 3 is 2.70 bits per heavy atom. The van der Waals surface area contributed by atoms with E-state index in [1.165, 1.54) is 4.90 Å². The highest BCUT2D eigenvalue weighted by Gasteiger charge is 2.31. The van der Waals surface area contributed by atoms with Gasteiger partial charge in [-0.05, 0) is 36.3 Å². The molecule has 27 heavy (non-hydrogen) atoms. The number of hydrogen-bond acceptors (Lipinski definition) is 3. The largest absolute Gasteiger partial charge is 0.449 e. The molecule has 6 heteroatoms. The zero-order valence-electron chi connectivity index (χ0n) is 15.1. The Hall–Kier alpha value is -2.60. The molecule has 0 fully saturated rings. The number of nitrogens with zero attached hydrogens (tertiary/aromatic N) is 1. The van der Waals surface area contributed by atoms with Crippen molar-refractivity contribution in [3.63, 3.8) is 0 Å². The van der Waals surface area contributed by atoms with Crippen LogP contribution in [0.15, 0.2) is 58.8 Å². The van der Waals surface area contributed by atoms with E-state index in [9.17, 15) is 9.59 Å². The predicted octanol–water partition coefficient (Wildman–Crippen LogP) is 4.13. The molecule has 5 nitrogen and oxygen atoms in total. The highest BCUT2D eigenvalue weighted by molar-refractivity contribution is 9.10. The first kappa shape index (κ1) is 19.2. The molecule has 0 aliphatic carbocycles. The molecule has 140 valence electrons. The molecule has 0 saturated carbocycles. The number of halogens is 1. The molecule has 0 spiro atoms. The van der Waals surface area contributed by atoms with Crippen molar-refractivity contribution in [2.75, 3.05) is 18.0 Å². The molecule has 2 amide bonds. The summed E-state index contributed by atoms with van der Waals surface area (Å²) >= 11 is 3.48. The van der Waals surface area contributed by atoms with E-state index in [0.717, 1.165) is 22.9 Å². The quantitative estimate of drug-likeness (QED) is 0.555. The van der Waals surface area contributed by atoms with E-state index < -0.39 is 0 Å². The number of carbonyl (C=O) groups excluding carboxylic acids is 2. The van der Waals surface area contributed by atoms with Crippen LogP contribution in [0, 0.1) is 0 Å². The van der Waals surface area contributed by atoms with Gasteiger partial charge in [0.15, 0.2) is 11.5 Å². The van der Waals surface area contributed by atoms with Gasteiger partial charge in [-0.15, -0.1) is 0 Å². The van der Waals surface area contributed by atoms with Crippen LogP contribution in [0.1, 0.15) is 25.3 Å². The summed E-state index contributed by atoms with van der Waals surface area (Å²) < 4.78 is 6.69. The van der Waals surface area contributed by atoms with Crippen molar-refractivity contribution in [2.45, 2.75) is 19.8 Å². The summed E-state index contributed by atoms with van der Waals surface area (Å²) in [7, 11) is 0. The predicted molar refractivity (Wildman–Crippen MR) is 109 cm³/mol. The summed E-state index contributed by atoms with van der Waals surface area (Å²) in [5.41, 5.74) is 1.42. The van der Waals surface area contributed by atoms with E-state index >= 15 is 0 Å². The van der Waals surface area contributed by atoms with Crippen LogP contribution in [0.2, 0.25) is 0 Å². The number of benzene rings is 2. The lowest BCUT2D eigenvalue weighted by molar-refractivity contribution is -0.123. The van der Waals surface area contributed by atoms with Crippen molar-refractivity contribution in [3.05, 3.63) is 64.3 Å². The highest BCUT2D eigenvalue weighted by atomic mass is 79.9. The summed E-state index contributed by atoms with van der Waals surface area (Å²) in [6.07, 6.45) is 3.59. The zero-order chi connectivity index (χ0) is 19.2. The fourth-order valence-electron chi connectivity index (χ4n) is 2.76. The Bertz CT molecular complexity index is 879. The van der Waals surface area contributed by atoms with Crippen LogP contribution in [0.5, 0.6) is 5.75 Å². The van der Waals surface area contributed by atoms with E-state index in [-0.39, 0.29) is 24.1 Å². The summed E-state index contributed by atoms with van der Waals surface area (Å²) in [6.45, 7) is 2.62. The van der Waals surface area contributed by atoms with Crippen LogP contribution in [0.25, 0.3) is 6.08 Å². The molecule has 1 N–H and O–H groups in total. The average molecular weight is 429 g/mol. The Kier molecular flexibility index (Phi) is 6.29. The molecule has 1 aliphatic rings. The van der Waals surface area contributed by atoms with Gasteiger partial charge in [0.05, 0.1) is 5.69 Å². The van der Waals surface area contributed by atoms with Crippen LogP contribution in [0.3, 0.4) is 0 Å². The lowest BCUT2D eigenvalue weighted by atomic mass is 10.1. The Labute approximate surface area is 167 Å². The number of rotatable bonds is 6. The van der Waals surface area contributed by atoms with Crippen molar-refractivity contribution >= 4 is 39.5 Å². The minimum atomic E-state index is -0.338. The number of fused-ring (bicyclic) bond motifs is 1. The molecule has 0 atom stereocenters. The van der Waals surface area contributed by atoms with Gasteiger partial charge in [-0.25, -0.2) is 0 Å². The number of para-hydroxylation sites is 2. The van der Waals surface area contributed by atoms with Gasteiger partial charge in [-0.1, -0.05) is 59.6 Å². The molecule has 1 heterocycles. The molecule has 3 rings (SSSR count). The van der Waals surface area contributed by atoms with Crippen molar-refractivity contribution < 1.29 is 14.3 Å². The third-order valence-corrected chi connectivity index (χ3v) is 4.90. The van der Waals surface area contributed by atoms with Crippen LogP contribution in [-0.4, -0.2) is 24.9 Å².